The molecule has 2 rings (SSSR count). The van der Waals surface area contributed by atoms with Crippen LogP contribution in [-0.2, 0) is 4.79 Å². The van der Waals surface area contributed by atoms with Gasteiger partial charge in [0.15, 0.2) is 5.52 Å². The number of unbranched alkanes of at least 4 members (excludes halogenated alkanes) is 13. The van der Waals surface area contributed by atoms with E-state index < -0.39 is 29.8 Å². The van der Waals surface area contributed by atoms with Gasteiger partial charge in [0, 0.05) is 19.0 Å². The lowest BCUT2D eigenvalue weighted by Crippen LogP contribution is -2.50. The minimum atomic E-state index is -1.22. The number of benzene rings is 1. The zero-order valence-electron chi connectivity index (χ0n) is 25.1. The number of anilines is 1. The Labute approximate surface area is 248 Å². The van der Waals surface area contributed by atoms with E-state index in [-0.39, 0.29) is 29.0 Å². The largest absolute Gasteiger partial charge is 0.394 e. The standard InChI is InChI=1S/C30H51N5O7/c1-2-3-4-5-6-7-8-9-10-11-12-14-17-26(37)30(39)24(22-36)32-27(38)18-15-13-16-21-31-23-19-20-25(35(40)41)29-28(23)33-42-34-29/h19-20,24,26,30-31,36-37,39H,2-18,21-22H2,1H3,(H,32,38). The Hall–Kier alpha value is -2.83. The molecular weight excluding hydrogens is 542 g/mol. The molecule has 0 fully saturated rings. The van der Waals surface area contributed by atoms with Crippen molar-refractivity contribution < 1.29 is 29.7 Å². The maximum absolute atomic E-state index is 12.4. The highest BCUT2D eigenvalue weighted by Gasteiger charge is 2.27. The minimum Gasteiger partial charge on any atom is -0.394 e. The lowest BCUT2D eigenvalue weighted by molar-refractivity contribution is -0.383. The van der Waals surface area contributed by atoms with Gasteiger partial charge in [0.05, 0.1) is 29.4 Å². The number of aromatic nitrogens is 2. The Bertz CT molecular complexity index is 1030. The first-order chi connectivity index (χ1) is 20.4. The lowest BCUT2D eigenvalue weighted by atomic mass is 9.99. The van der Waals surface area contributed by atoms with Gasteiger partial charge in [0.25, 0.3) is 0 Å². The van der Waals surface area contributed by atoms with E-state index in [9.17, 15) is 30.2 Å². The van der Waals surface area contributed by atoms with E-state index in [2.05, 4.69) is 32.5 Å². The molecule has 0 saturated carbocycles. The molecule has 0 radical (unpaired) electrons. The topological polar surface area (TPSA) is 184 Å². The van der Waals surface area contributed by atoms with Crippen LogP contribution in [0.3, 0.4) is 0 Å². The maximum Gasteiger partial charge on any atom is 0.300 e. The highest BCUT2D eigenvalue weighted by molar-refractivity contribution is 5.93. The Balaban J connectivity index is 1.54. The molecule has 238 valence electrons. The van der Waals surface area contributed by atoms with Crippen LogP contribution in [0.25, 0.3) is 11.0 Å². The molecule has 0 spiro atoms. The summed E-state index contributed by atoms with van der Waals surface area (Å²) in [7, 11) is 0. The van der Waals surface area contributed by atoms with Gasteiger partial charge in [-0.05, 0) is 35.6 Å². The number of hydrogen-bond acceptors (Lipinski definition) is 10. The van der Waals surface area contributed by atoms with E-state index in [0.717, 1.165) is 32.1 Å². The molecule has 0 aliphatic heterocycles. The van der Waals surface area contributed by atoms with Gasteiger partial charge in [-0.15, -0.1) is 0 Å². The highest BCUT2D eigenvalue weighted by atomic mass is 16.6. The van der Waals surface area contributed by atoms with E-state index in [1.54, 1.807) is 6.07 Å². The number of hydrogen-bond donors (Lipinski definition) is 5. The molecule has 1 aromatic heterocycles. The maximum atomic E-state index is 12.4. The number of nitro groups is 1. The summed E-state index contributed by atoms with van der Waals surface area (Å²) >= 11 is 0. The fourth-order valence-electron chi connectivity index (χ4n) is 5.11. The van der Waals surface area contributed by atoms with E-state index in [0.29, 0.717) is 25.1 Å². The van der Waals surface area contributed by atoms with Crippen molar-refractivity contribution in [3.63, 3.8) is 0 Å². The number of rotatable bonds is 25. The molecule has 3 atom stereocenters. The molecule has 0 saturated heterocycles. The van der Waals surface area contributed by atoms with Gasteiger partial charge in [-0.3, -0.25) is 14.9 Å². The number of amides is 1. The summed E-state index contributed by atoms with van der Waals surface area (Å²) in [5.41, 5.74) is 0.780. The first-order valence-electron chi connectivity index (χ1n) is 15.8. The molecule has 1 heterocycles. The van der Waals surface area contributed by atoms with Crippen LogP contribution in [0.5, 0.6) is 0 Å². The molecule has 3 unspecified atom stereocenters. The normalized spacial score (nSPS) is 13.6. The third-order valence-corrected chi connectivity index (χ3v) is 7.69. The van der Waals surface area contributed by atoms with Crippen LogP contribution >= 0.6 is 0 Å². The Morgan fingerprint density at radius 1 is 0.905 bits per heavy atom. The van der Waals surface area contributed by atoms with Crippen LogP contribution < -0.4 is 10.6 Å². The number of aliphatic hydroxyl groups excluding tert-OH is 3. The smallest absolute Gasteiger partial charge is 0.300 e. The third-order valence-electron chi connectivity index (χ3n) is 7.69. The van der Waals surface area contributed by atoms with Gasteiger partial charge in [-0.25, -0.2) is 4.63 Å². The van der Waals surface area contributed by atoms with E-state index in [1.165, 1.54) is 63.9 Å². The van der Waals surface area contributed by atoms with Crippen molar-refractivity contribution >= 4 is 28.3 Å². The predicted octanol–water partition coefficient (Wildman–Crippen LogP) is 5.39. The third kappa shape index (κ3) is 13.0. The molecular formula is C30H51N5O7. The van der Waals surface area contributed by atoms with Gasteiger partial charge in [0.1, 0.15) is 6.10 Å². The van der Waals surface area contributed by atoms with Gasteiger partial charge < -0.3 is 26.0 Å². The second-order valence-electron chi connectivity index (χ2n) is 11.2. The molecule has 2 aromatic rings. The van der Waals surface area contributed by atoms with E-state index >= 15 is 0 Å². The minimum absolute atomic E-state index is 0.0847. The summed E-state index contributed by atoms with van der Waals surface area (Å²) in [6.07, 6.45) is 15.1. The monoisotopic (exact) mass is 593 g/mol. The predicted molar refractivity (Wildman–Crippen MR) is 162 cm³/mol. The summed E-state index contributed by atoms with van der Waals surface area (Å²) in [6, 6.07) is 2.00. The number of nitrogens with zero attached hydrogens (tertiary/aromatic N) is 3. The summed E-state index contributed by atoms with van der Waals surface area (Å²) in [5, 5.41) is 54.8. The van der Waals surface area contributed by atoms with Gasteiger partial charge in [-0.2, -0.15) is 0 Å². The average molecular weight is 594 g/mol. The summed E-state index contributed by atoms with van der Waals surface area (Å²) in [5.74, 6) is -0.288. The summed E-state index contributed by atoms with van der Waals surface area (Å²) in [6.45, 7) is 2.34. The lowest BCUT2D eigenvalue weighted by Gasteiger charge is -2.26. The second-order valence-corrected chi connectivity index (χ2v) is 11.2. The van der Waals surface area contributed by atoms with Crippen molar-refractivity contribution in [3.8, 4) is 0 Å². The second kappa shape index (κ2) is 21.0. The number of aliphatic hydroxyl groups is 3. The average Bonchev–Trinajstić information content (AvgIpc) is 3.48. The van der Waals surface area contributed by atoms with Crippen molar-refractivity contribution in [2.75, 3.05) is 18.5 Å². The van der Waals surface area contributed by atoms with Crippen LogP contribution in [0.2, 0.25) is 0 Å². The SMILES string of the molecule is CCCCCCCCCCCCCCC(O)C(O)C(CO)NC(=O)CCCCCNc1ccc([N+](=O)[O-])c2nonc12. The van der Waals surface area contributed by atoms with Crippen molar-refractivity contribution in [1.82, 2.24) is 15.6 Å². The molecule has 1 aromatic carbocycles. The van der Waals surface area contributed by atoms with Crippen LogP contribution in [0.4, 0.5) is 11.4 Å². The Morgan fingerprint density at radius 2 is 1.50 bits per heavy atom. The van der Waals surface area contributed by atoms with Crippen molar-refractivity contribution in [3.05, 3.63) is 22.2 Å². The number of carbonyl (C=O) groups excluding carboxylic acids is 1. The fraction of sp³-hybridized carbons (Fsp3) is 0.767. The van der Waals surface area contributed by atoms with Gasteiger partial charge in [0.2, 0.25) is 11.4 Å². The molecule has 0 aliphatic carbocycles. The molecule has 0 aliphatic rings. The van der Waals surface area contributed by atoms with Crippen molar-refractivity contribution in [1.29, 1.82) is 0 Å². The molecule has 1 amide bonds. The molecule has 5 N–H and O–H groups in total. The van der Waals surface area contributed by atoms with Crippen LogP contribution in [0.15, 0.2) is 16.8 Å². The van der Waals surface area contributed by atoms with Crippen molar-refractivity contribution in [2.24, 2.45) is 0 Å². The Morgan fingerprint density at radius 3 is 2.12 bits per heavy atom. The van der Waals surface area contributed by atoms with E-state index in [4.69, 9.17) is 0 Å². The summed E-state index contributed by atoms with van der Waals surface area (Å²) in [4.78, 5) is 22.9. The number of nitrogens with one attached hydrogen (secondary N) is 2. The van der Waals surface area contributed by atoms with Crippen LogP contribution in [0, 0.1) is 10.1 Å². The Kier molecular flexibility index (Phi) is 17.6. The highest BCUT2D eigenvalue weighted by Crippen LogP contribution is 2.28. The number of fused-ring (bicyclic) bond motifs is 1. The van der Waals surface area contributed by atoms with Gasteiger partial charge >= 0.3 is 5.69 Å². The molecule has 0 bridgehead atoms. The van der Waals surface area contributed by atoms with E-state index in [1.807, 2.05) is 0 Å². The quantitative estimate of drug-likeness (QED) is 0.0568. The van der Waals surface area contributed by atoms with Gasteiger partial charge in [-0.1, -0.05) is 90.4 Å². The number of non-ortho nitro benzene ring substituents is 1. The van der Waals surface area contributed by atoms with Crippen molar-refractivity contribution in [2.45, 2.75) is 134 Å². The zero-order chi connectivity index (χ0) is 30.6. The molecule has 12 heteroatoms. The molecule has 12 nitrogen and oxygen atoms in total. The van der Waals surface area contributed by atoms with Crippen LogP contribution in [-0.4, -0.2) is 67.9 Å². The van der Waals surface area contributed by atoms with Crippen LogP contribution in [0.1, 0.15) is 116 Å². The summed E-state index contributed by atoms with van der Waals surface area (Å²) < 4.78 is 4.65. The fourth-order valence-corrected chi connectivity index (χ4v) is 5.11. The number of carbonyl (C=O) groups is 1. The zero-order valence-corrected chi connectivity index (χ0v) is 25.1. The first kappa shape index (κ1) is 35.4. The molecule has 42 heavy (non-hydrogen) atoms. The number of nitro benzene ring substituents is 1. The first-order valence-corrected chi connectivity index (χ1v) is 15.8.